The number of hydrogen-bond donors (Lipinski definition) is 3. The first-order chi connectivity index (χ1) is 10.1. The zero-order chi connectivity index (χ0) is 14.8. The summed E-state index contributed by atoms with van der Waals surface area (Å²) in [5.41, 5.74) is 1.50. The highest BCUT2D eigenvalue weighted by Crippen LogP contribution is 2.30. The molecule has 1 aromatic heterocycles. The fraction of sp³-hybridized carbons (Fsp3) is 0.333. The molecule has 1 amide bonds. The maximum Gasteiger partial charge on any atom is 0.229 e. The number of amides is 1. The van der Waals surface area contributed by atoms with E-state index in [-0.39, 0.29) is 35.9 Å². The number of aryl methyl sites for hydroxylation is 1. The number of aromatic nitrogens is 2. The van der Waals surface area contributed by atoms with Crippen molar-refractivity contribution in [3.63, 3.8) is 0 Å². The minimum atomic E-state index is -0.172. The molecule has 0 unspecified atom stereocenters. The van der Waals surface area contributed by atoms with Crippen LogP contribution in [0.25, 0.3) is 0 Å². The molecule has 0 spiro atoms. The van der Waals surface area contributed by atoms with E-state index in [9.17, 15) is 9.90 Å². The number of phenolic OH excluding ortho intramolecular Hbond substituents is 1. The first-order valence-electron chi connectivity index (χ1n) is 6.93. The Balaban J connectivity index is 0.00000176. The van der Waals surface area contributed by atoms with Crippen LogP contribution in [0.5, 0.6) is 5.75 Å². The van der Waals surface area contributed by atoms with Gasteiger partial charge in [0.1, 0.15) is 5.75 Å². The minimum Gasteiger partial charge on any atom is -0.506 e. The number of halogens is 1. The molecule has 1 aliphatic heterocycles. The topological polar surface area (TPSA) is 79.2 Å². The van der Waals surface area contributed by atoms with E-state index in [4.69, 9.17) is 0 Å². The number of hydrogen-bond acceptors (Lipinski definition) is 4. The monoisotopic (exact) mass is 322 g/mol. The molecular weight excluding hydrogens is 304 g/mol. The Morgan fingerprint density at radius 1 is 1.41 bits per heavy atom. The van der Waals surface area contributed by atoms with Gasteiger partial charge in [-0.15, -0.1) is 12.4 Å². The molecule has 7 heteroatoms. The Hall–Kier alpha value is -2.05. The van der Waals surface area contributed by atoms with Crippen LogP contribution in [-0.2, 0) is 11.8 Å². The van der Waals surface area contributed by atoms with E-state index >= 15 is 0 Å². The number of benzene rings is 1. The van der Waals surface area contributed by atoms with Crippen LogP contribution in [-0.4, -0.2) is 33.9 Å². The van der Waals surface area contributed by atoms with Gasteiger partial charge < -0.3 is 15.7 Å². The third-order valence-electron chi connectivity index (χ3n) is 3.87. The summed E-state index contributed by atoms with van der Waals surface area (Å²) in [4.78, 5) is 12.5. The van der Waals surface area contributed by atoms with Crippen LogP contribution in [0.1, 0.15) is 11.5 Å². The predicted octanol–water partition coefficient (Wildman–Crippen LogP) is 1.49. The number of phenols is 1. The van der Waals surface area contributed by atoms with Gasteiger partial charge in [-0.25, -0.2) is 0 Å². The van der Waals surface area contributed by atoms with Crippen molar-refractivity contribution in [3.05, 3.63) is 42.2 Å². The molecule has 1 saturated heterocycles. The third kappa shape index (κ3) is 3.23. The molecule has 118 valence electrons. The van der Waals surface area contributed by atoms with Gasteiger partial charge >= 0.3 is 0 Å². The molecule has 1 aliphatic rings. The molecule has 2 atom stereocenters. The van der Waals surface area contributed by atoms with Gasteiger partial charge in [-0.2, -0.15) is 5.10 Å². The maximum atomic E-state index is 12.5. The lowest BCUT2D eigenvalue weighted by Gasteiger charge is -2.17. The SMILES string of the molecule is Cl.Cn1cc([C@H]2CNC[C@@H]2C(=O)Nc2ccccc2O)cn1. The predicted molar refractivity (Wildman–Crippen MR) is 86.3 cm³/mol. The average molecular weight is 323 g/mol. The lowest BCUT2D eigenvalue weighted by atomic mass is 9.90. The fourth-order valence-electron chi connectivity index (χ4n) is 2.74. The van der Waals surface area contributed by atoms with Crippen LogP contribution in [0, 0.1) is 5.92 Å². The summed E-state index contributed by atoms with van der Waals surface area (Å²) in [7, 11) is 1.86. The molecule has 1 fully saturated rings. The Kier molecular flexibility index (Phi) is 5.05. The van der Waals surface area contributed by atoms with Crippen molar-refractivity contribution in [2.75, 3.05) is 18.4 Å². The number of carbonyl (C=O) groups is 1. The van der Waals surface area contributed by atoms with Crippen molar-refractivity contribution < 1.29 is 9.90 Å². The lowest BCUT2D eigenvalue weighted by Crippen LogP contribution is -2.28. The lowest BCUT2D eigenvalue weighted by molar-refractivity contribution is -0.119. The molecule has 0 radical (unpaired) electrons. The van der Waals surface area contributed by atoms with E-state index in [1.54, 1.807) is 35.1 Å². The Labute approximate surface area is 134 Å². The number of rotatable bonds is 3. The van der Waals surface area contributed by atoms with Crippen LogP contribution in [0.2, 0.25) is 0 Å². The Morgan fingerprint density at radius 3 is 2.86 bits per heavy atom. The smallest absolute Gasteiger partial charge is 0.229 e. The molecule has 22 heavy (non-hydrogen) atoms. The summed E-state index contributed by atoms with van der Waals surface area (Å²) in [5.74, 6) is -0.0801. The van der Waals surface area contributed by atoms with Crippen molar-refractivity contribution >= 4 is 24.0 Å². The van der Waals surface area contributed by atoms with Crippen molar-refractivity contribution in [1.82, 2.24) is 15.1 Å². The number of nitrogens with one attached hydrogen (secondary N) is 2. The molecule has 2 aromatic rings. The second kappa shape index (κ2) is 6.81. The van der Waals surface area contributed by atoms with E-state index in [1.165, 1.54) is 0 Å². The maximum absolute atomic E-state index is 12.5. The van der Waals surface area contributed by atoms with E-state index in [2.05, 4.69) is 15.7 Å². The number of para-hydroxylation sites is 2. The molecule has 2 heterocycles. The van der Waals surface area contributed by atoms with Gasteiger partial charge in [0.15, 0.2) is 0 Å². The highest BCUT2D eigenvalue weighted by Gasteiger charge is 2.34. The standard InChI is InChI=1S/C15H18N4O2.ClH/c1-19-9-10(6-17-19)11-7-16-8-12(11)15(21)18-13-4-2-3-5-14(13)20;/h2-6,9,11-12,16,20H,7-8H2,1H3,(H,18,21);1H/t11-,12+;/m1./s1. The van der Waals surface area contributed by atoms with Crippen molar-refractivity contribution in [1.29, 1.82) is 0 Å². The van der Waals surface area contributed by atoms with Gasteiger partial charge in [-0.1, -0.05) is 12.1 Å². The Bertz CT molecular complexity index is 658. The van der Waals surface area contributed by atoms with Gasteiger partial charge in [0.2, 0.25) is 5.91 Å². The van der Waals surface area contributed by atoms with Crippen LogP contribution in [0.3, 0.4) is 0 Å². The number of carbonyl (C=O) groups excluding carboxylic acids is 1. The molecule has 0 aliphatic carbocycles. The van der Waals surface area contributed by atoms with Gasteiger partial charge in [-0.3, -0.25) is 9.48 Å². The minimum absolute atomic E-state index is 0. The molecule has 1 aromatic carbocycles. The van der Waals surface area contributed by atoms with Gasteiger partial charge in [0, 0.05) is 32.3 Å². The fourth-order valence-corrected chi connectivity index (χ4v) is 2.74. The number of aromatic hydroxyl groups is 1. The quantitative estimate of drug-likeness (QED) is 0.748. The summed E-state index contributed by atoms with van der Waals surface area (Å²) < 4.78 is 1.74. The number of nitrogens with zero attached hydrogens (tertiary/aromatic N) is 2. The summed E-state index contributed by atoms with van der Waals surface area (Å²) in [6.45, 7) is 1.38. The molecular formula is C15H19ClN4O2. The molecule has 6 nitrogen and oxygen atoms in total. The first kappa shape index (κ1) is 16.3. The number of anilines is 1. The van der Waals surface area contributed by atoms with Crippen molar-refractivity contribution in [3.8, 4) is 5.75 Å². The van der Waals surface area contributed by atoms with E-state index in [1.807, 2.05) is 13.2 Å². The van der Waals surface area contributed by atoms with Gasteiger partial charge in [0.05, 0.1) is 17.8 Å². The first-order valence-corrected chi connectivity index (χ1v) is 6.93. The molecule has 0 saturated carbocycles. The summed E-state index contributed by atoms with van der Waals surface area (Å²) in [5, 5.41) is 20.0. The third-order valence-corrected chi connectivity index (χ3v) is 3.87. The van der Waals surface area contributed by atoms with Crippen molar-refractivity contribution in [2.24, 2.45) is 13.0 Å². The average Bonchev–Trinajstić information content (AvgIpc) is 3.09. The van der Waals surface area contributed by atoms with Crippen molar-refractivity contribution in [2.45, 2.75) is 5.92 Å². The van der Waals surface area contributed by atoms with E-state index < -0.39 is 0 Å². The molecule has 3 N–H and O–H groups in total. The van der Waals surface area contributed by atoms with Crippen LogP contribution >= 0.6 is 12.4 Å². The second-order valence-electron chi connectivity index (χ2n) is 5.32. The summed E-state index contributed by atoms with van der Waals surface area (Å²) in [6.07, 6.45) is 3.75. The van der Waals surface area contributed by atoms with Crippen LogP contribution < -0.4 is 10.6 Å². The Morgan fingerprint density at radius 2 is 2.18 bits per heavy atom. The highest BCUT2D eigenvalue weighted by atomic mass is 35.5. The van der Waals surface area contributed by atoms with E-state index in [0.29, 0.717) is 12.2 Å². The second-order valence-corrected chi connectivity index (χ2v) is 5.32. The van der Waals surface area contributed by atoms with Crippen LogP contribution in [0.15, 0.2) is 36.7 Å². The summed E-state index contributed by atoms with van der Waals surface area (Å²) >= 11 is 0. The largest absolute Gasteiger partial charge is 0.506 e. The zero-order valence-corrected chi connectivity index (χ0v) is 13.0. The zero-order valence-electron chi connectivity index (χ0n) is 12.2. The van der Waals surface area contributed by atoms with Gasteiger partial charge in [0.25, 0.3) is 0 Å². The highest BCUT2D eigenvalue weighted by molar-refractivity contribution is 5.94. The van der Waals surface area contributed by atoms with Crippen LogP contribution in [0.4, 0.5) is 5.69 Å². The molecule has 0 bridgehead atoms. The summed E-state index contributed by atoms with van der Waals surface area (Å²) in [6, 6.07) is 6.75. The van der Waals surface area contributed by atoms with E-state index in [0.717, 1.165) is 12.1 Å². The van der Waals surface area contributed by atoms with Gasteiger partial charge in [-0.05, 0) is 17.7 Å². The molecule has 3 rings (SSSR count). The normalized spacial score (nSPS) is 20.4.